The molecule has 0 atom stereocenters. The van der Waals surface area contributed by atoms with Gasteiger partial charge in [-0.15, -0.1) is 0 Å². The van der Waals surface area contributed by atoms with Gasteiger partial charge in [0.15, 0.2) is 5.11 Å². The van der Waals surface area contributed by atoms with Gasteiger partial charge in [0, 0.05) is 6.54 Å². The number of nitrogens with one attached hydrogen (secondary N) is 1. The van der Waals surface area contributed by atoms with Gasteiger partial charge in [-0.1, -0.05) is 17.7 Å². The van der Waals surface area contributed by atoms with Gasteiger partial charge < -0.3 is 20.0 Å². The Kier molecular flexibility index (Phi) is 4.99. The van der Waals surface area contributed by atoms with E-state index in [1.54, 1.807) is 18.2 Å². The first-order chi connectivity index (χ1) is 10.4. The van der Waals surface area contributed by atoms with E-state index in [0.717, 1.165) is 0 Å². The van der Waals surface area contributed by atoms with Crippen molar-refractivity contribution in [3.05, 3.63) is 34.5 Å². The van der Waals surface area contributed by atoms with Gasteiger partial charge in [0.1, 0.15) is 18.1 Å². The maximum atomic E-state index is 12.1. The first-order valence-electron chi connectivity index (χ1n) is 6.39. The third-order valence-corrected chi connectivity index (χ3v) is 3.51. The number of thiocarbonyl (C=S) groups is 1. The number of nitrogens with zero attached hydrogens (tertiary/aromatic N) is 1. The van der Waals surface area contributed by atoms with E-state index in [0.29, 0.717) is 22.9 Å². The summed E-state index contributed by atoms with van der Waals surface area (Å²) in [5.74, 6) is -1.32. The number of rotatable bonds is 5. The Hall–Kier alpha value is -2.12. The first-order valence-corrected chi connectivity index (χ1v) is 7.17. The molecule has 0 bridgehead atoms. The van der Waals surface area contributed by atoms with Crippen LogP contribution in [-0.2, 0) is 9.59 Å². The van der Waals surface area contributed by atoms with Crippen molar-refractivity contribution in [2.75, 3.05) is 13.2 Å². The molecule has 0 aromatic heterocycles. The summed E-state index contributed by atoms with van der Waals surface area (Å²) in [7, 11) is 0. The van der Waals surface area contributed by atoms with Crippen molar-refractivity contribution < 1.29 is 19.4 Å². The molecule has 1 aliphatic heterocycles. The van der Waals surface area contributed by atoms with Crippen LogP contribution >= 0.6 is 23.8 Å². The molecule has 1 heterocycles. The Balaban J connectivity index is 2.19. The largest absolute Gasteiger partial charge is 0.546 e. The predicted octanol–water partition coefficient (Wildman–Crippen LogP) is 0.546. The molecule has 0 saturated carbocycles. The molecule has 2 rings (SSSR count). The average molecular weight is 340 g/mol. The Morgan fingerprint density at radius 1 is 1.55 bits per heavy atom. The molecule has 1 fully saturated rings. The summed E-state index contributed by atoms with van der Waals surface area (Å²) in [6.07, 6.45) is 1.61. The SMILES string of the molecule is CCN1C(=O)/C(=C/c2ccc(OCC(=O)[O-])c(Cl)c2)NC1=S. The number of carboxylic acids is 1. The van der Waals surface area contributed by atoms with Crippen molar-refractivity contribution in [1.82, 2.24) is 10.2 Å². The second-order valence-corrected chi connectivity index (χ2v) is 5.18. The normalized spacial score (nSPS) is 16.1. The molecule has 0 spiro atoms. The molecule has 0 aliphatic carbocycles. The summed E-state index contributed by atoms with van der Waals surface area (Å²) in [6.45, 7) is 1.73. The van der Waals surface area contributed by atoms with Crippen molar-refractivity contribution in [2.24, 2.45) is 0 Å². The fourth-order valence-corrected chi connectivity index (χ4v) is 2.45. The minimum Gasteiger partial charge on any atom is -0.546 e. The van der Waals surface area contributed by atoms with Crippen molar-refractivity contribution in [3.8, 4) is 5.75 Å². The van der Waals surface area contributed by atoms with Crippen LogP contribution in [0.5, 0.6) is 5.75 Å². The molecular formula is C14H12ClN2O4S-. The lowest BCUT2D eigenvalue weighted by Crippen LogP contribution is -2.30. The minimum absolute atomic E-state index is 0.207. The lowest BCUT2D eigenvalue weighted by molar-refractivity contribution is -0.307. The number of halogens is 1. The van der Waals surface area contributed by atoms with E-state index < -0.39 is 12.6 Å². The summed E-state index contributed by atoms with van der Waals surface area (Å²) in [5, 5.41) is 13.8. The number of ether oxygens (including phenoxy) is 1. The van der Waals surface area contributed by atoms with Crippen molar-refractivity contribution >= 4 is 46.9 Å². The topological polar surface area (TPSA) is 81.7 Å². The van der Waals surface area contributed by atoms with E-state index in [2.05, 4.69) is 5.32 Å². The molecule has 1 aromatic carbocycles. The van der Waals surface area contributed by atoms with Gasteiger partial charge >= 0.3 is 0 Å². The molecule has 1 aromatic rings. The van der Waals surface area contributed by atoms with E-state index in [9.17, 15) is 14.7 Å². The van der Waals surface area contributed by atoms with Crippen molar-refractivity contribution in [1.29, 1.82) is 0 Å². The number of carbonyl (C=O) groups is 2. The van der Waals surface area contributed by atoms with Crippen LogP contribution in [0.15, 0.2) is 23.9 Å². The smallest absolute Gasteiger partial charge is 0.276 e. The number of aliphatic carboxylic acids is 1. The van der Waals surface area contributed by atoms with Crippen LogP contribution in [0.2, 0.25) is 5.02 Å². The van der Waals surface area contributed by atoms with Gasteiger partial charge in [0.05, 0.1) is 11.0 Å². The highest BCUT2D eigenvalue weighted by molar-refractivity contribution is 7.80. The zero-order valence-corrected chi connectivity index (χ0v) is 13.2. The molecule has 22 heavy (non-hydrogen) atoms. The van der Waals surface area contributed by atoms with Gasteiger partial charge in [0.25, 0.3) is 5.91 Å². The van der Waals surface area contributed by atoms with Crippen LogP contribution in [0.1, 0.15) is 12.5 Å². The molecule has 1 aliphatic rings. The van der Waals surface area contributed by atoms with E-state index in [4.69, 9.17) is 28.6 Å². The number of hydrogen-bond donors (Lipinski definition) is 1. The van der Waals surface area contributed by atoms with Gasteiger partial charge in [-0.3, -0.25) is 9.69 Å². The molecule has 6 nitrogen and oxygen atoms in total. The predicted molar refractivity (Wildman–Crippen MR) is 83.1 cm³/mol. The van der Waals surface area contributed by atoms with Crippen molar-refractivity contribution in [2.45, 2.75) is 6.92 Å². The highest BCUT2D eigenvalue weighted by Crippen LogP contribution is 2.26. The second kappa shape index (κ2) is 6.76. The summed E-state index contributed by atoms with van der Waals surface area (Å²) in [6, 6.07) is 4.73. The third-order valence-electron chi connectivity index (χ3n) is 2.89. The fourth-order valence-electron chi connectivity index (χ4n) is 1.89. The Morgan fingerprint density at radius 3 is 2.82 bits per heavy atom. The molecular weight excluding hydrogens is 328 g/mol. The standard InChI is InChI=1S/C14H13ClN2O4S/c1-2-17-13(20)10(16-14(17)22)6-8-3-4-11(9(15)5-8)21-7-12(18)19/h3-6H,2,7H2,1H3,(H,16,22)(H,18,19)/p-1/b10-6-. The highest BCUT2D eigenvalue weighted by Gasteiger charge is 2.28. The zero-order valence-electron chi connectivity index (χ0n) is 11.6. The molecule has 0 unspecified atom stereocenters. The third kappa shape index (κ3) is 3.55. The number of hydrogen-bond acceptors (Lipinski definition) is 5. The van der Waals surface area contributed by atoms with Crippen LogP contribution < -0.4 is 15.2 Å². The van der Waals surface area contributed by atoms with Gasteiger partial charge in [-0.2, -0.15) is 0 Å². The van der Waals surface area contributed by atoms with Crippen LogP contribution in [0.3, 0.4) is 0 Å². The average Bonchev–Trinajstić information content (AvgIpc) is 2.72. The maximum Gasteiger partial charge on any atom is 0.276 e. The summed E-state index contributed by atoms with van der Waals surface area (Å²) < 4.78 is 4.97. The number of carbonyl (C=O) groups excluding carboxylic acids is 2. The lowest BCUT2D eigenvalue weighted by atomic mass is 10.2. The number of benzene rings is 1. The lowest BCUT2D eigenvalue weighted by Gasteiger charge is -2.09. The van der Waals surface area contributed by atoms with E-state index in [1.807, 2.05) is 6.92 Å². The van der Waals surface area contributed by atoms with Crippen LogP contribution in [0, 0.1) is 0 Å². The summed E-state index contributed by atoms with van der Waals surface area (Å²) in [4.78, 5) is 23.9. The summed E-state index contributed by atoms with van der Waals surface area (Å²) >= 11 is 11.1. The van der Waals surface area contributed by atoms with Gasteiger partial charge in [-0.05, 0) is 42.9 Å². The Bertz CT molecular complexity index is 675. The van der Waals surface area contributed by atoms with E-state index >= 15 is 0 Å². The van der Waals surface area contributed by atoms with E-state index in [-0.39, 0.29) is 16.7 Å². The molecule has 0 radical (unpaired) electrons. The Labute approximate surface area is 137 Å². The fraction of sp³-hybridized carbons (Fsp3) is 0.214. The number of amides is 1. The first kappa shape index (κ1) is 16.3. The van der Waals surface area contributed by atoms with Gasteiger partial charge in [-0.25, -0.2) is 0 Å². The van der Waals surface area contributed by atoms with Crippen molar-refractivity contribution in [3.63, 3.8) is 0 Å². The maximum absolute atomic E-state index is 12.1. The van der Waals surface area contributed by atoms with Gasteiger partial charge in [0.2, 0.25) is 0 Å². The number of likely N-dealkylation sites (N-methyl/N-ethyl adjacent to an activating group) is 1. The van der Waals surface area contributed by atoms with Crippen LogP contribution in [0.25, 0.3) is 6.08 Å². The monoisotopic (exact) mass is 339 g/mol. The highest BCUT2D eigenvalue weighted by atomic mass is 35.5. The second-order valence-electron chi connectivity index (χ2n) is 4.39. The molecule has 8 heteroatoms. The minimum atomic E-state index is -1.34. The summed E-state index contributed by atoms with van der Waals surface area (Å²) in [5.41, 5.74) is 1.01. The van der Waals surface area contributed by atoms with E-state index in [1.165, 1.54) is 11.0 Å². The quantitative estimate of drug-likeness (QED) is 0.623. The zero-order chi connectivity index (χ0) is 16.3. The van der Waals surface area contributed by atoms with Crippen LogP contribution in [-0.4, -0.2) is 35.0 Å². The molecule has 1 amide bonds. The molecule has 1 N–H and O–H groups in total. The van der Waals surface area contributed by atoms with Crippen LogP contribution in [0.4, 0.5) is 0 Å². The Morgan fingerprint density at radius 2 is 2.27 bits per heavy atom. The number of carboxylic acid groups (broad SMARTS) is 1. The molecule has 1 saturated heterocycles. The molecule has 116 valence electrons.